The Bertz CT molecular complexity index is 2410. The van der Waals surface area contributed by atoms with Gasteiger partial charge in [-0.25, -0.2) is 26.4 Å². The van der Waals surface area contributed by atoms with Crippen LogP contribution in [0, 0.1) is 10.8 Å². The molecule has 2 heterocycles. The molecular weight excluding hydrogens is 881 g/mol. The van der Waals surface area contributed by atoms with Crippen molar-refractivity contribution >= 4 is 65.7 Å². The van der Waals surface area contributed by atoms with Crippen LogP contribution in [0.4, 0.5) is 34.1 Å². The molecule has 2 aliphatic heterocycles. The number of benzene rings is 4. The minimum atomic E-state index is -3.65. The van der Waals surface area contributed by atoms with Crippen LogP contribution in [-0.4, -0.2) is 77.7 Å². The lowest BCUT2D eigenvalue weighted by atomic mass is 9.81. The Labute approximate surface area is 390 Å². The molecule has 6 rings (SSSR count). The van der Waals surface area contributed by atoms with Crippen LogP contribution in [0.25, 0.3) is 0 Å². The fourth-order valence-electron chi connectivity index (χ4n) is 8.69. The molecular formula is C50H64N4O10S2. The molecule has 0 amide bonds. The van der Waals surface area contributed by atoms with Crippen LogP contribution in [0.3, 0.4) is 0 Å². The molecule has 0 aliphatic carbocycles. The second kappa shape index (κ2) is 22.5. The minimum absolute atomic E-state index is 0.0517. The van der Waals surface area contributed by atoms with E-state index in [2.05, 4.69) is 48.1 Å². The Morgan fingerprint density at radius 1 is 0.621 bits per heavy atom. The van der Waals surface area contributed by atoms with Crippen molar-refractivity contribution in [2.75, 3.05) is 59.1 Å². The second-order valence-corrected chi connectivity index (χ2v) is 20.8. The van der Waals surface area contributed by atoms with E-state index in [0.29, 0.717) is 35.8 Å². The molecule has 0 spiro atoms. The Hall–Kier alpha value is -6.00. The number of fused-ring (bicyclic) bond motifs is 2. The molecule has 4 aromatic carbocycles. The molecule has 0 bridgehead atoms. The van der Waals surface area contributed by atoms with E-state index >= 15 is 0 Å². The maximum Gasteiger partial charge on any atom is 0.331 e. The van der Waals surface area contributed by atoms with Gasteiger partial charge < -0.3 is 40.1 Å². The number of unbranched alkanes of at least 4 members (excludes halogenated alkanes) is 2. The molecule has 0 fully saturated rings. The van der Waals surface area contributed by atoms with Gasteiger partial charge in [0.25, 0.3) is 0 Å². The highest BCUT2D eigenvalue weighted by atomic mass is 32.2. The Balaban J connectivity index is 0.000000247. The van der Waals surface area contributed by atoms with Crippen molar-refractivity contribution in [2.45, 2.75) is 88.9 Å². The lowest BCUT2D eigenvalue weighted by molar-refractivity contribution is -0.132. The zero-order valence-electron chi connectivity index (χ0n) is 38.7. The van der Waals surface area contributed by atoms with E-state index in [4.69, 9.17) is 19.7 Å². The third-order valence-electron chi connectivity index (χ3n) is 12.5. The van der Waals surface area contributed by atoms with Crippen molar-refractivity contribution in [2.24, 2.45) is 10.8 Å². The zero-order chi connectivity index (χ0) is 48.1. The summed E-state index contributed by atoms with van der Waals surface area (Å²) in [7, 11) is -3.87. The molecule has 0 saturated heterocycles. The van der Waals surface area contributed by atoms with E-state index in [-0.39, 0.29) is 32.8 Å². The third kappa shape index (κ3) is 12.3. The van der Waals surface area contributed by atoms with E-state index in [1.165, 1.54) is 12.1 Å². The van der Waals surface area contributed by atoms with E-state index in [1.807, 2.05) is 60.7 Å². The highest BCUT2D eigenvalue weighted by molar-refractivity contribution is 7.92. The molecule has 4 N–H and O–H groups in total. The number of anilines is 6. The first kappa shape index (κ1) is 51.0. The van der Waals surface area contributed by atoms with Gasteiger partial charge in [0, 0.05) is 61.5 Å². The van der Waals surface area contributed by atoms with Gasteiger partial charge in [-0.2, -0.15) is 0 Å². The Morgan fingerprint density at radius 2 is 0.985 bits per heavy atom. The smallest absolute Gasteiger partial charge is 0.331 e. The summed E-state index contributed by atoms with van der Waals surface area (Å²) >= 11 is 0. The van der Waals surface area contributed by atoms with Gasteiger partial charge in [0.05, 0.1) is 68.7 Å². The molecule has 14 nitrogen and oxygen atoms in total. The molecule has 66 heavy (non-hydrogen) atoms. The topological polar surface area (TPSA) is 192 Å². The summed E-state index contributed by atoms with van der Waals surface area (Å²) in [6, 6.07) is 26.2. The largest absolute Gasteiger partial charge is 0.478 e. The first-order valence-electron chi connectivity index (χ1n) is 22.4. The second-order valence-electron chi connectivity index (χ2n) is 16.9. The SMILES string of the molecule is CCCC[C@@]1(CC)CN(c2ccccc2)c2cc(NC)c(O/C=C/C(=O)O)cc2S(=O)(=O)C1.CCCC[C@]1(CC)CN(c2ccccc2)c2cc(NC)c(O/C=C/C(=O)O)cc2S(=O)(=O)C1. The number of rotatable bonds is 18. The normalized spacial score (nSPS) is 19.7. The standard InChI is InChI=1S/2C25H32N2O5S/c2*1-4-6-13-25(5-2)17-27(19-10-8-7-9-11-19)21-15-20(26-3)22(32-14-12-24(28)29)16-23(21)33(30,31)18-25/h2*7-12,14-16,26H,4-6,13,17-18H2,1-3H3,(H,28,29)/b2*14-12+/t2*25-/m10/s1. The number of nitrogens with one attached hydrogen (secondary N) is 2. The molecule has 2 aliphatic rings. The average Bonchev–Trinajstić information content (AvgIpc) is 3.47. The van der Waals surface area contributed by atoms with E-state index in [9.17, 15) is 26.4 Å². The first-order chi connectivity index (χ1) is 31.5. The molecule has 16 heteroatoms. The van der Waals surface area contributed by atoms with Crippen molar-refractivity contribution in [1.82, 2.24) is 0 Å². The molecule has 0 radical (unpaired) electrons. The molecule has 2 atom stereocenters. The van der Waals surface area contributed by atoms with Crippen molar-refractivity contribution in [3.63, 3.8) is 0 Å². The van der Waals surface area contributed by atoms with Gasteiger partial charge in [-0.05, 0) is 62.1 Å². The van der Waals surface area contributed by atoms with Crippen LogP contribution in [0.1, 0.15) is 79.1 Å². The summed E-state index contributed by atoms with van der Waals surface area (Å²) in [4.78, 5) is 26.2. The molecule has 0 unspecified atom stereocenters. The van der Waals surface area contributed by atoms with Gasteiger partial charge in [-0.15, -0.1) is 0 Å². The number of aliphatic carboxylic acids is 2. The van der Waals surface area contributed by atoms with E-state index in [1.54, 1.807) is 26.2 Å². The van der Waals surface area contributed by atoms with Crippen molar-refractivity contribution in [1.29, 1.82) is 0 Å². The highest BCUT2D eigenvalue weighted by Crippen LogP contribution is 2.49. The maximum atomic E-state index is 13.7. The number of nitrogens with zero attached hydrogens (tertiary/aromatic N) is 2. The summed E-state index contributed by atoms with van der Waals surface area (Å²) < 4.78 is 65.9. The van der Waals surface area contributed by atoms with Crippen LogP contribution >= 0.6 is 0 Å². The van der Waals surface area contributed by atoms with Gasteiger partial charge in [0.15, 0.2) is 31.2 Å². The number of hydrogen-bond donors (Lipinski definition) is 4. The summed E-state index contributed by atoms with van der Waals surface area (Å²) in [6.07, 6.45) is 10.8. The Kier molecular flexibility index (Phi) is 17.4. The van der Waals surface area contributed by atoms with Crippen molar-refractivity contribution in [3.8, 4) is 11.5 Å². The number of carboxylic acids is 2. The van der Waals surface area contributed by atoms with Gasteiger partial charge in [0.2, 0.25) is 0 Å². The van der Waals surface area contributed by atoms with Crippen LogP contribution in [0.5, 0.6) is 11.5 Å². The van der Waals surface area contributed by atoms with Crippen molar-refractivity contribution < 1.29 is 46.1 Å². The third-order valence-corrected chi connectivity index (χ3v) is 16.4. The van der Waals surface area contributed by atoms with Gasteiger partial charge >= 0.3 is 11.9 Å². The van der Waals surface area contributed by atoms with Crippen LogP contribution in [0.2, 0.25) is 0 Å². The number of para-hydroxylation sites is 2. The first-order valence-corrected chi connectivity index (χ1v) is 25.8. The Morgan fingerprint density at radius 3 is 1.29 bits per heavy atom. The lowest BCUT2D eigenvalue weighted by Gasteiger charge is -2.36. The predicted octanol–water partition coefficient (Wildman–Crippen LogP) is 10.4. The number of ether oxygens (including phenoxy) is 2. The van der Waals surface area contributed by atoms with Crippen LogP contribution < -0.4 is 29.9 Å². The van der Waals surface area contributed by atoms with E-state index < -0.39 is 42.4 Å². The molecule has 0 saturated carbocycles. The zero-order valence-corrected chi connectivity index (χ0v) is 40.4. The summed E-state index contributed by atoms with van der Waals surface area (Å²) in [5.74, 6) is -1.69. The summed E-state index contributed by atoms with van der Waals surface area (Å²) in [6.45, 7) is 9.53. The predicted molar refractivity (Wildman–Crippen MR) is 262 cm³/mol. The monoisotopic (exact) mass is 944 g/mol. The summed E-state index contributed by atoms with van der Waals surface area (Å²) in [5, 5.41) is 23.8. The molecule has 0 aromatic heterocycles. The van der Waals surface area contributed by atoms with Gasteiger partial charge in [-0.1, -0.05) is 89.8 Å². The minimum Gasteiger partial charge on any atom is -0.478 e. The fraction of sp³-hybridized carbons (Fsp3) is 0.400. The van der Waals surface area contributed by atoms with Crippen LogP contribution in [0.15, 0.2) is 119 Å². The highest BCUT2D eigenvalue weighted by Gasteiger charge is 2.43. The maximum absolute atomic E-state index is 13.7. The van der Waals surface area contributed by atoms with E-state index in [0.717, 1.165) is 87.4 Å². The quantitative estimate of drug-likeness (QED) is 0.0544. The fourth-order valence-corrected chi connectivity index (χ4v) is 13.0. The number of carbonyl (C=O) groups is 2. The molecule has 4 aromatic rings. The molecule has 356 valence electrons. The van der Waals surface area contributed by atoms with Gasteiger partial charge in [0.1, 0.15) is 0 Å². The van der Waals surface area contributed by atoms with Gasteiger partial charge in [-0.3, -0.25) is 0 Å². The number of hydrogen-bond acceptors (Lipinski definition) is 12. The average molecular weight is 945 g/mol. The van der Waals surface area contributed by atoms with Crippen LogP contribution in [-0.2, 0) is 29.3 Å². The number of carboxylic acid groups (broad SMARTS) is 2. The summed E-state index contributed by atoms with van der Waals surface area (Å²) in [5.41, 5.74) is 3.37. The lowest BCUT2D eigenvalue weighted by Crippen LogP contribution is -2.37. The van der Waals surface area contributed by atoms with Crippen molar-refractivity contribution in [3.05, 3.63) is 110 Å². The number of sulfone groups is 2.